The van der Waals surface area contributed by atoms with E-state index in [0.717, 1.165) is 148 Å². The van der Waals surface area contributed by atoms with Gasteiger partial charge in [-0.1, -0.05) is 294 Å². The average molecular weight is 1760 g/mol. The molecule has 0 amide bonds. The van der Waals surface area contributed by atoms with Gasteiger partial charge < -0.3 is 38.4 Å². The number of aromatic amines is 2. The Labute approximate surface area is 757 Å². The lowest BCUT2D eigenvalue weighted by atomic mass is 9.97. The van der Waals surface area contributed by atoms with E-state index in [2.05, 4.69) is 288 Å². The van der Waals surface area contributed by atoms with Gasteiger partial charge in [0.2, 0.25) is 11.5 Å². The number of rotatable bonds is 53. The zero-order valence-corrected chi connectivity index (χ0v) is 83.8. The lowest BCUT2D eigenvalue weighted by Crippen LogP contribution is -2.43. The molecule has 8 rings (SSSR count). The summed E-state index contributed by atoms with van der Waals surface area (Å²) in [5.74, 6) is 22.2. The molecular weight excluding hydrogens is 1600 g/mol. The van der Waals surface area contributed by atoms with Crippen LogP contribution in [0.25, 0.3) is 68.6 Å². The van der Waals surface area contributed by atoms with E-state index in [9.17, 15) is 0 Å². The highest BCUT2D eigenvalue weighted by molar-refractivity contribution is 9.10. The second-order valence-electron chi connectivity index (χ2n) is 40.8. The van der Waals surface area contributed by atoms with Crippen molar-refractivity contribution >= 4 is 70.4 Å². The van der Waals surface area contributed by atoms with Crippen LogP contribution in [0.2, 0.25) is 16.6 Å². The topological polar surface area (TPSA) is 126 Å². The summed E-state index contributed by atoms with van der Waals surface area (Å²) in [7, 11) is -2.37. The molecule has 2 aliphatic rings. The van der Waals surface area contributed by atoms with Gasteiger partial charge in [0, 0.05) is 32.8 Å². The molecule has 4 aromatic heterocycles. The predicted molar refractivity (Wildman–Crippen MR) is 533 cm³/mol. The smallest absolute Gasteiger partial charge is 0.203 e. The summed E-state index contributed by atoms with van der Waals surface area (Å²) in [5, 5.41) is 0. The Bertz CT molecular complexity index is 4330. The zero-order valence-electron chi connectivity index (χ0n) is 81.2. The Hall–Kier alpha value is -7.19. The minimum absolute atomic E-state index is 0.384. The Morgan fingerprint density at radius 3 is 0.886 bits per heavy atom. The molecule has 676 valence electrons. The summed E-state index contributed by atoms with van der Waals surface area (Å²) in [6.07, 6.45) is 37.4. The van der Waals surface area contributed by atoms with Gasteiger partial charge >= 0.3 is 0 Å². The van der Waals surface area contributed by atoms with Gasteiger partial charge in [-0.15, -0.1) is 5.54 Å². The van der Waals surface area contributed by atoms with E-state index in [1.54, 1.807) is 6.20 Å². The normalized spacial score (nSPS) is 13.8. The molecule has 0 aliphatic carbocycles. The maximum absolute atomic E-state index is 7.25. The molecule has 0 radical (unpaired) electrons. The Kier molecular flexibility index (Phi) is 42.4. The van der Waals surface area contributed by atoms with Gasteiger partial charge in [-0.3, -0.25) is 0 Å². The van der Waals surface area contributed by atoms with Gasteiger partial charge in [-0.2, -0.15) is 0 Å². The maximum Gasteiger partial charge on any atom is 0.203 e. The largest absolute Gasteiger partial charge is 0.490 e. The third-order valence-corrected chi connectivity index (χ3v) is 32.5. The number of aromatic nitrogens is 5. The molecule has 123 heavy (non-hydrogen) atoms. The highest BCUT2D eigenvalue weighted by Crippen LogP contribution is 2.48. The molecule has 11 nitrogen and oxygen atoms in total. The van der Waals surface area contributed by atoms with Crippen molar-refractivity contribution < 1.29 is 28.4 Å². The SMILES string of the molecule is CC(C)CCC[C@H](C)CCOc1cc(-c2c3nc(c(C#C[Si](C(C)C)(C(C)C)C(C)C)c4ccc([nH]4)c(-c4cc(OCC[C@@H](C)CCCC(C)C)c(OCC[C@@H](C)CCCC(C)C)c(OCC[C@@H](C)CCCC(C)C)c4)c4nc(c(C#Cc5ccc(Br)cn5)c5ccc2[nH]5)C=C4)C=C3)cc(OCC[C@@H](C)CCCC(C)C)c1OCC[C@@H](C)CCCC(C)C. The lowest BCUT2D eigenvalue weighted by molar-refractivity contribution is 0.216. The van der Waals surface area contributed by atoms with Crippen molar-refractivity contribution in [3.8, 4) is 80.1 Å². The first-order valence-corrected chi connectivity index (χ1v) is 51.8. The summed E-state index contributed by atoms with van der Waals surface area (Å²) in [5.41, 5.74) is 17.3. The standard InChI is InChI=1S/C110H164BrN5O6Si/c1-74(2)31-25-37-83(19)55-62-117-103-69-89(70-104(118-63-56-84(20)38-26-32-75(3)4)109(103)121-66-59-87(23)41-29-35-78(9)10)107-99-51-47-95(113-99)93(46-45-92-44-43-91(111)73-112-92)96-48-52-100(114-96)108(102-54-50-98(116-102)94(97-49-53-101(107)115-97)61-68-123(80(13)14,81(15)16)82(17)18)90-71-105(119-64-57-85(21)39-27-33-76(5)6)110(122-67-60-88(24)42-30-36-79(11)12)106(72-90)120-65-58-86(22)40-28-34-77(7)8/h43-44,47-54,69-88,113,116H,25-42,55-60,62-67H2,1-24H3/t83-,84-,85-,86-,87-,88-/m0/s1. The number of H-pyrrole nitrogens is 2. The predicted octanol–water partition coefficient (Wildman–Crippen LogP) is 32.5. The van der Waals surface area contributed by atoms with Crippen LogP contribution in [-0.4, -0.2) is 72.6 Å². The Morgan fingerprint density at radius 2 is 0.602 bits per heavy atom. The fourth-order valence-electron chi connectivity index (χ4n) is 17.7. The molecule has 13 heteroatoms. The van der Waals surface area contributed by atoms with Gasteiger partial charge in [0.25, 0.3) is 0 Å². The lowest BCUT2D eigenvalue weighted by Gasteiger charge is -2.38. The minimum atomic E-state index is -2.37. The van der Waals surface area contributed by atoms with E-state index in [4.69, 9.17) is 43.4 Å². The first-order valence-electron chi connectivity index (χ1n) is 48.7. The van der Waals surface area contributed by atoms with Crippen molar-refractivity contribution in [1.82, 2.24) is 24.9 Å². The number of hydrogen-bond acceptors (Lipinski definition) is 9. The number of hydrogen-bond donors (Lipinski definition) is 2. The van der Waals surface area contributed by atoms with Crippen molar-refractivity contribution in [1.29, 1.82) is 0 Å². The molecule has 2 aromatic carbocycles. The van der Waals surface area contributed by atoms with Gasteiger partial charge in [0.05, 0.1) is 84.6 Å². The van der Waals surface area contributed by atoms with Crippen molar-refractivity contribution in [3.63, 3.8) is 0 Å². The number of fused-ring (bicyclic) bond motifs is 8. The molecule has 2 N–H and O–H groups in total. The van der Waals surface area contributed by atoms with Crippen LogP contribution in [0.15, 0.2) is 71.3 Å². The van der Waals surface area contributed by atoms with E-state index in [1.807, 2.05) is 12.1 Å². The number of nitrogens with zero attached hydrogens (tertiary/aromatic N) is 3. The molecular formula is C110H164BrN5O6Si. The van der Waals surface area contributed by atoms with E-state index in [0.29, 0.717) is 179 Å². The molecule has 0 saturated carbocycles. The van der Waals surface area contributed by atoms with Crippen LogP contribution in [0.4, 0.5) is 0 Å². The zero-order chi connectivity index (χ0) is 89.3. The number of nitrogens with one attached hydrogen (secondary N) is 2. The van der Waals surface area contributed by atoms with Crippen LogP contribution < -0.4 is 28.4 Å². The number of benzene rings is 2. The molecule has 0 saturated heterocycles. The van der Waals surface area contributed by atoms with Crippen molar-refractivity contribution in [2.75, 3.05) is 39.6 Å². The van der Waals surface area contributed by atoms with E-state index < -0.39 is 8.07 Å². The highest BCUT2D eigenvalue weighted by atomic mass is 79.9. The van der Waals surface area contributed by atoms with Crippen LogP contribution in [0.1, 0.15) is 360 Å². The van der Waals surface area contributed by atoms with Crippen LogP contribution in [0.3, 0.4) is 0 Å². The number of pyridine rings is 1. The summed E-state index contributed by atoms with van der Waals surface area (Å²) in [6.45, 7) is 59.7. The molecule has 0 unspecified atom stereocenters. The number of halogens is 1. The third-order valence-electron chi connectivity index (χ3n) is 25.7. The maximum atomic E-state index is 7.25. The summed E-state index contributed by atoms with van der Waals surface area (Å²) in [4.78, 5) is 24.6. The second-order valence-corrected chi connectivity index (χ2v) is 47.3. The molecule has 8 bridgehead atoms. The van der Waals surface area contributed by atoms with Crippen molar-refractivity contribution in [2.45, 2.75) is 337 Å². The first-order chi connectivity index (χ1) is 58.8. The monoisotopic (exact) mass is 1760 g/mol. The van der Waals surface area contributed by atoms with E-state index >= 15 is 0 Å². The van der Waals surface area contributed by atoms with Crippen LogP contribution in [-0.2, 0) is 0 Å². The van der Waals surface area contributed by atoms with Crippen LogP contribution in [0, 0.1) is 94.3 Å². The highest BCUT2D eigenvalue weighted by Gasteiger charge is 2.42. The van der Waals surface area contributed by atoms with Crippen molar-refractivity contribution in [3.05, 3.63) is 111 Å². The Balaban J connectivity index is 1.48. The number of ether oxygens (including phenoxy) is 6. The summed E-state index contributed by atoms with van der Waals surface area (Å²) < 4.78 is 44.2. The van der Waals surface area contributed by atoms with Gasteiger partial charge in [-0.25, -0.2) is 15.0 Å². The molecule has 6 atom stereocenters. The van der Waals surface area contributed by atoms with Crippen LogP contribution >= 0.6 is 15.9 Å². The molecule has 6 aromatic rings. The first kappa shape index (κ1) is 101. The van der Waals surface area contributed by atoms with Gasteiger partial charge in [-0.05, 0) is 244 Å². The fourth-order valence-corrected chi connectivity index (χ4v) is 23.2. The molecule has 0 fully saturated rings. The second kappa shape index (κ2) is 51.6. The third kappa shape index (κ3) is 32.6. The fraction of sp³-hybridized carbons (Fsp3) is 0.627. The van der Waals surface area contributed by atoms with Gasteiger partial charge in [0.15, 0.2) is 23.0 Å². The Morgan fingerprint density at radius 1 is 0.317 bits per heavy atom. The summed E-state index contributed by atoms with van der Waals surface area (Å²) in [6, 6.07) is 21.5. The van der Waals surface area contributed by atoms with E-state index in [-0.39, 0.29) is 0 Å². The quantitative estimate of drug-likeness (QED) is 0.0283. The summed E-state index contributed by atoms with van der Waals surface area (Å²) >= 11 is 3.65. The molecule has 2 aliphatic heterocycles. The van der Waals surface area contributed by atoms with Gasteiger partial charge in [0.1, 0.15) is 13.8 Å². The van der Waals surface area contributed by atoms with E-state index in [1.165, 1.54) is 77.0 Å². The van der Waals surface area contributed by atoms with Crippen LogP contribution in [0.5, 0.6) is 34.5 Å². The minimum Gasteiger partial charge on any atom is -0.490 e. The average Bonchev–Trinajstić information content (AvgIpc) is 1.64. The molecule has 6 heterocycles. The molecule has 0 spiro atoms. The van der Waals surface area contributed by atoms with Crippen molar-refractivity contribution in [2.24, 2.45) is 71.0 Å².